The normalized spacial score (nSPS) is 14.1. The highest BCUT2D eigenvalue weighted by Gasteiger charge is 2.32. The summed E-state index contributed by atoms with van der Waals surface area (Å²) in [7, 11) is 0. The zero-order valence-electron chi connectivity index (χ0n) is 13.2. The van der Waals surface area contributed by atoms with E-state index in [2.05, 4.69) is 5.10 Å². The molecule has 8 heteroatoms. The first-order valence-corrected chi connectivity index (χ1v) is 7.40. The van der Waals surface area contributed by atoms with Crippen LogP contribution in [0.1, 0.15) is 32.7 Å². The van der Waals surface area contributed by atoms with Gasteiger partial charge in [-0.1, -0.05) is 11.6 Å². The number of fused-ring (bicyclic) bond motifs is 1. The first-order valence-electron chi connectivity index (χ1n) is 7.40. The van der Waals surface area contributed by atoms with Crippen molar-refractivity contribution < 1.29 is 23.1 Å². The van der Waals surface area contributed by atoms with Gasteiger partial charge in [0.05, 0.1) is 17.8 Å². The molecule has 2 aromatic rings. The van der Waals surface area contributed by atoms with Crippen molar-refractivity contribution in [2.24, 2.45) is 0 Å². The van der Waals surface area contributed by atoms with Gasteiger partial charge in [-0.05, 0) is 31.5 Å². The Kier molecular flexibility index (Phi) is 3.77. The van der Waals surface area contributed by atoms with E-state index in [9.17, 15) is 23.1 Å². The third-order valence-corrected chi connectivity index (χ3v) is 4.03. The standard InChI is InChI=1S/C16H16F3N3O2/c1-9-5-11(7-12(6-9)16(17,18)19)8-21-3-4-22-14(21)13(15(23)24)10(2)20-22/h5-7H,3-4,8H2,1-2H3,(H,23,24). The molecule has 0 spiro atoms. The number of anilines is 1. The number of aryl methyl sites for hydroxylation is 2. The Bertz CT molecular complexity index is 812. The van der Waals surface area contributed by atoms with Gasteiger partial charge in [0.25, 0.3) is 0 Å². The lowest BCUT2D eigenvalue weighted by atomic mass is 10.1. The summed E-state index contributed by atoms with van der Waals surface area (Å²) in [6, 6.07) is 3.89. The van der Waals surface area contributed by atoms with Crippen LogP contribution in [0, 0.1) is 13.8 Å². The third-order valence-electron chi connectivity index (χ3n) is 4.03. The number of aromatic nitrogens is 2. The molecule has 0 atom stereocenters. The van der Waals surface area contributed by atoms with Crippen LogP contribution in [0.25, 0.3) is 0 Å². The van der Waals surface area contributed by atoms with E-state index in [4.69, 9.17) is 0 Å². The van der Waals surface area contributed by atoms with Gasteiger partial charge in [0, 0.05) is 13.1 Å². The maximum atomic E-state index is 13.0. The van der Waals surface area contributed by atoms with Gasteiger partial charge in [-0.25, -0.2) is 9.48 Å². The molecular weight excluding hydrogens is 323 g/mol. The van der Waals surface area contributed by atoms with Gasteiger partial charge in [0.1, 0.15) is 11.4 Å². The van der Waals surface area contributed by atoms with Crippen molar-refractivity contribution in [1.82, 2.24) is 9.78 Å². The predicted molar refractivity (Wildman–Crippen MR) is 81.2 cm³/mol. The molecule has 2 heterocycles. The van der Waals surface area contributed by atoms with Crippen molar-refractivity contribution in [2.75, 3.05) is 11.4 Å². The summed E-state index contributed by atoms with van der Waals surface area (Å²) in [5.41, 5.74) is 0.826. The number of hydrogen-bond acceptors (Lipinski definition) is 3. The molecular formula is C16H16F3N3O2. The number of nitrogens with zero attached hydrogens (tertiary/aromatic N) is 3. The molecule has 0 saturated carbocycles. The van der Waals surface area contributed by atoms with E-state index in [1.807, 2.05) is 0 Å². The van der Waals surface area contributed by atoms with Crippen LogP contribution in [0.2, 0.25) is 0 Å². The minimum absolute atomic E-state index is 0.108. The Morgan fingerprint density at radius 1 is 1.25 bits per heavy atom. The van der Waals surface area contributed by atoms with E-state index < -0.39 is 17.7 Å². The van der Waals surface area contributed by atoms with Crippen molar-refractivity contribution in [2.45, 2.75) is 33.1 Å². The molecule has 0 fully saturated rings. The first kappa shape index (κ1) is 16.4. The van der Waals surface area contributed by atoms with E-state index in [0.717, 1.165) is 12.1 Å². The van der Waals surface area contributed by atoms with Crippen molar-refractivity contribution in [1.29, 1.82) is 0 Å². The molecule has 0 aliphatic carbocycles. The summed E-state index contributed by atoms with van der Waals surface area (Å²) in [6.45, 7) is 4.46. The molecule has 0 unspecified atom stereocenters. The second kappa shape index (κ2) is 5.54. The Morgan fingerprint density at radius 3 is 2.58 bits per heavy atom. The summed E-state index contributed by atoms with van der Waals surface area (Å²) in [5, 5.41) is 13.6. The van der Waals surface area contributed by atoms with Crippen LogP contribution in [-0.4, -0.2) is 27.4 Å². The third kappa shape index (κ3) is 2.83. The SMILES string of the molecule is Cc1cc(CN2CCn3nc(C)c(C(=O)O)c32)cc(C(F)(F)F)c1. The van der Waals surface area contributed by atoms with Crippen molar-refractivity contribution in [3.05, 3.63) is 46.1 Å². The monoisotopic (exact) mass is 339 g/mol. The minimum Gasteiger partial charge on any atom is -0.477 e. The lowest BCUT2D eigenvalue weighted by Gasteiger charge is -2.19. The highest BCUT2D eigenvalue weighted by molar-refractivity contribution is 5.95. The van der Waals surface area contributed by atoms with E-state index >= 15 is 0 Å². The van der Waals surface area contributed by atoms with Crippen LogP contribution in [0.15, 0.2) is 18.2 Å². The van der Waals surface area contributed by atoms with Crippen LogP contribution in [0.4, 0.5) is 19.0 Å². The van der Waals surface area contributed by atoms with Crippen molar-refractivity contribution in [3.63, 3.8) is 0 Å². The largest absolute Gasteiger partial charge is 0.477 e. The number of carboxylic acids is 1. The summed E-state index contributed by atoms with van der Waals surface area (Å²) >= 11 is 0. The quantitative estimate of drug-likeness (QED) is 0.933. The first-order chi connectivity index (χ1) is 11.2. The smallest absolute Gasteiger partial charge is 0.416 e. The Hall–Kier alpha value is -2.51. The fourth-order valence-corrected chi connectivity index (χ4v) is 3.11. The van der Waals surface area contributed by atoms with Crippen LogP contribution in [0.3, 0.4) is 0 Å². The second-order valence-electron chi connectivity index (χ2n) is 5.94. The van der Waals surface area contributed by atoms with Gasteiger partial charge >= 0.3 is 12.1 Å². The van der Waals surface area contributed by atoms with Crippen molar-refractivity contribution in [3.8, 4) is 0 Å². The van der Waals surface area contributed by atoms with Crippen molar-refractivity contribution >= 4 is 11.8 Å². The average molecular weight is 339 g/mol. The summed E-state index contributed by atoms with van der Waals surface area (Å²) in [4.78, 5) is 13.2. The molecule has 1 aliphatic heterocycles. The fraction of sp³-hybridized carbons (Fsp3) is 0.375. The minimum atomic E-state index is -4.41. The lowest BCUT2D eigenvalue weighted by molar-refractivity contribution is -0.137. The number of alkyl halides is 3. The number of aromatic carboxylic acids is 1. The van der Waals surface area contributed by atoms with E-state index in [-0.39, 0.29) is 12.1 Å². The summed E-state index contributed by atoms with van der Waals surface area (Å²) < 4.78 is 40.5. The molecule has 5 nitrogen and oxygen atoms in total. The fourth-order valence-electron chi connectivity index (χ4n) is 3.11. The Morgan fingerprint density at radius 2 is 1.96 bits per heavy atom. The zero-order valence-corrected chi connectivity index (χ0v) is 13.2. The lowest BCUT2D eigenvalue weighted by Crippen LogP contribution is -2.22. The molecule has 1 aromatic carbocycles. The van der Waals surface area contributed by atoms with Crippen LogP contribution in [-0.2, 0) is 19.3 Å². The number of halogens is 3. The van der Waals surface area contributed by atoms with Gasteiger partial charge in [-0.3, -0.25) is 0 Å². The highest BCUT2D eigenvalue weighted by Crippen LogP contribution is 2.33. The van der Waals surface area contributed by atoms with E-state index in [1.165, 1.54) is 0 Å². The van der Waals surface area contributed by atoms with E-state index in [1.54, 1.807) is 29.5 Å². The van der Waals surface area contributed by atoms with Gasteiger partial charge < -0.3 is 10.0 Å². The molecule has 3 rings (SSSR count). The van der Waals surface area contributed by atoms with Gasteiger partial charge in [0.2, 0.25) is 0 Å². The predicted octanol–water partition coefficient (Wildman–Crippen LogP) is 3.24. The number of hydrogen-bond donors (Lipinski definition) is 1. The molecule has 1 N–H and O–H groups in total. The molecule has 128 valence electrons. The molecule has 0 amide bonds. The molecule has 0 bridgehead atoms. The number of rotatable bonds is 3. The zero-order chi connectivity index (χ0) is 17.6. The maximum absolute atomic E-state index is 13.0. The highest BCUT2D eigenvalue weighted by atomic mass is 19.4. The summed E-state index contributed by atoms with van der Waals surface area (Å²) in [5.74, 6) is -0.629. The van der Waals surface area contributed by atoms with E-state index in [0.29, 0.717) is 35.7 Å². The number of benzene rings is 1. The number of carbonyl (C=O) groups is 1. The molecule has 0 radical (unpaired) electrons. The van der Waals surface area contributed by atoms with Crippen LogP contribution < -0.4 is 4.90 Å². The van der Waals surface area contributed by atoms with Crippen LogP contribution >= 0.6 is 0 Å². The van der Waals surface area contributed by atoms with Gasteiger partial charge in [0.15, 0.2) is 0 Å². The molecule has 1 aliphatic rings. The Balaban J connectivity index is 1.96. The average Bonchev–Trinajstić information content (AvgIpc) is 2.96. The second-order valence-corrected chi connectivity index (χ2v) is 5.94. The summed E-state index contributed by atoms with van der Waals surface area (Å²) in [6.07, 6.45) is -4.41. The number of carboxylic acid groups (broad SMARTS) is 1. The Labute approximate surface area is 136 Å². The van der Waals surface area contributed by atoms with Gasteiger partial charge in [-0.2, -0.15) is 18.3 Å². The topological polar surface area (TPSA) is 58.4 Å². The van der Waals surface area contributed by atoms with Gasteiger partial charge in [-0.15, -0.1) is 0 Å². The molecule has 1 aromatic heterocycles. The maximum Gasteiger partial charge on any atom is 0.416 e. The molecule has 0 saturated heterocycles. The van der Waals surface area contributed by atoms with Crippen LogP contribution in [0.5, 0.6) is 0 Å². The molecule has 24 heavy (non-hydrogen) atoms.